The molecule has 0 unspecified atom stereocenters. The van der Waals surface area contributed by atoms with Crippen molar-refractivity contribution in [3.05, 3.63) is 47.6 Å². The van der Waals surface area contributed by atoms with Crippen molar-refractivity contribution < 1.29 is 12.8 Å². The topological polar surface area (TPSA) is 90.0 Å². The van der Waals surface area contributed by atoms with Gasteiger partial charge >= 0.3 is 0 Å². The van der Waals surface area contributed by atoms with Crippen molar-refractivity contribution in [1.29, 1.82) is 0 Å². The molecule has 0 saturated carbocycles. The summed E-state index contributed by atoms with van der Waals surface area (Å²) in [6.45, 7) is 5.43. The Labute approximate surface area is 140 Å². The van der Waals surface area contributed by atoms with Crippen molar-refractivity contribution in [2.45, 2.75) is 25.7 Å². The molecule has 126 valence electrons. The molecule has 0 spiro atoms. The first kappa shape index (κ1) is 16.3. The molecule has 8 heteroatoms. The van der Waals surface area contributed by atoms with E-state index >= 15 is 0 Å². The minimum absolute atomic E-state index is 0.160. The number of sulfonamides is 1. The van der Waals surface area contributed by atoms with Gasteiger partial charge in [0.15, 0.2) is 0 Å². The molecule has 0 radical (unpaired) electrons. The predicted octanol–water partition coefficient (Wildman–Crippen LogP) is 2.80. The van der Waals surface area contributed by atoms with Crippen molar-refractivity contribution in [2.24, 2.45) is 7.05 Å². The minimum atomic E-state index is -3.68. The maximum Gasteiger partial charge on any atom is 0.265 e. The van der Waals surface area contributed by atoms with Gasteiger partial charge in [-0.25, -0.2) is 13.4 Å². The molecule has 0 aliphatic rings. The zero-order valence-corrected chi connectivity index (χ0v) is 14.7. The molecule has 7 nitrogen and oxygen atoms in total. The van der Waals surface area contributed by atoms with Gasteiger partial charge in [-0.3, -0.25) is 9.40 Å². The summed E-state index contributed by atoms with van der Waals surface area (Å²) in [6.07, 6.45) is 1.34. The summed E-state index contributed by atoms with van der Waals surface area (Å²) in [5.74, 6) is 1.28. The molecule has 0 saturated heterocycles. The van der Waals surface area contributed by atoms with E-state index in [1.807, 2.05) is 13.8 Å². The second kappa shape index (κ2) is 5.79. The summed E-state index contributed by atoms with van der Waals surface area (Å²) in [5, 5.41) is 3.97. The third-order valence-electron chi connectivity index (χ3n) is 3.89. The van der Waals surface area contributed by atoms with Gasteiger partial charge in [0.1, 0.15) is 10.7 Å². The average molecular weight is 346 g/mol. The summed E-state index contributed by atoms with van der Waals surface area (Å²) in [6, 6.07) is 6.87. The Morgan fingerprint density at radius 2 is 1.79 bits per heavy atom. The summed E-state index contributed by atoms with van der Waals surface area (Å²) >= 11 is 0. The maximum absolute atomic E-state index is 12.4. The van der Waals surface area contributed by atoms with E-state index in [1.54, 1.807) is 38.2 Å². The fourth-order valence-electron chi connectivity index (χ4n) is 2.23. The van der Waals surface area contributed by atoms with Crippen LogP contribution >= 0.6 is 0 Å². The van der Waals surface area contributed by atoms with Crippen LogP contribution in [0.15, 0.2) is 39.8 Å². The smallest absolute Gasteiger partial charge is 0.265 e. The van der Waals surface area contributed by atoms with Gasteiger partial charge in [-0.15, -0.1) is 0 Å². The molecular weight excluding hydrogens is 328 g/mol. The van der Waals surface area contributed by atoms with Gasteiger partial charge in [0.05, 0.1) is 17.6 Å². The van der Waals surface area contributed by atoms with Crippen LogP contribution in [0.2, 0.25) is 0 Å². The van der Waals surface area contributed by atoms with Crippen LogP contribution < -0.4 is 4.72 Å². The van der Waals surface area contributed by atoms with E-state index < -0.39 is 10.0 Å². The van der Waals surface area contributed by atoms with Gasteiger partial charge in [0.2, 0.25) is 5.89 Å². The van der Waals surface area contributed by atoms with Crippen molar-refractivity contribution in [2.75, 3.05) is 4.72 Å². The monoisotopic (exact) mass is 346 g/mol. The Kier molecular flexibility index (Phi) is 3.92. The van der Waals surface area contributed by atoms with Gasteiger partial charge in [-0.05, 0) is 45.0 Å². The summed E-state index contributed by atoms with van der Waals surface area (Å²) in [5.41, 5.74) is 2.65. The van der Waals surface area contributed by atoms with Crippen LogP contribution in [0.3, 0.4) is 0 Å². The van der Waals surface area contributed by atoms with Crippen LogP contribution in [0.4, 0.5) is 5.69 Å². The fraction of sp³-hybridized carbons (Fsp3) is 0.250. The highest BCUT2D eigenvalue weighted by atomic mass is 32.2. The molecule has 0 fully saturated rings. The maximum atomic E-state index is 12.4. The Bertz CT molecular complexity index is 966. The average Bonchev–Trinajstić information content (AvgIpc) is 3.03. The molecule has 0 aliphatic heterocycles. The lowest BCUT2D eigenvalue weighted by Gasteiger charge is -2.08. The van der Waals surface area contributed by atoms with Crippen LogP contribution in [0.25, 0.3) is 11.5 Å². The molecular formula is C16H18N4O3S. The Morgan fingerprint density at radius 3 is 2.29 bits per heavy atom. The van der Waals surface area contributed by atoms with Gasteiger partial charge in [0.25, 0.3) is 10.0 Å². The van der Waals surface area contributed by atoms with Gasteiger partial charge in [-0.2, -0.15) is 5.10 Å². The lowest BCUT2D eigenvalue weighted by Crippen LogP contribution is -2.13. The van der Waals surface area contributed by atoms with Crippen LogP contribution in [-0.2, 0) is 17.1 Å². The highest BCUT2D eigenvalue weighted by Crippen LogP contribution is 2.24. The number of aromatic nitrogens is 3. The van der Waals surface area contributed by atoms with Crippen LogP contribution in [0, 0.1) is 20.8 Å². The van der Waals surface area contributed by atoms with E-state index in [0.717, 1.165) is 17.0 Å². The lowest BCUT2D eigenvalue weighted by molar-refractivity contribution is 0.541. The number of anilines is 1. The molecule has 1 aromatic carbocycles. The second-order valence-corrected chi connectivity index (χ2v) is 7.21. The third kappa shape index (κ3) is 2.92. The first-order chi connectivity index (χ1) is 11.3. The van der Waals surface area contributed by atoms with Crippen LogP contribution in [0.5, 0.6) is 0 Å². The number of oxazole rings is 1. The van der Waals surface area contributed by atoms with E-state index in [2.05, 4.69) is 14.8 Å². The van der Waals surface area contributed by atoms with Crippen LogP contribution in [-0.4, -0.2) is 23.2 Å². The number of aryl methyl sites for hydroxylation is 3. The normalized spacial score (nSPS) is 11.7. The van der Waals surface area contributed by atoms with E-state index in [1.165, 1.54) is 10.9 Å². The number of rotatable bonds is 4. The first-order valence-corrected chi connectivity index (χ1v) is 8.82. The molecule has 0 bridgehead atoms. The highest BCUT2D eigenvalue weighted by molar-refractivity contribution is 7.92. The van der Waals surface area contributed by atoms with Gasteiger partial charge in [-0.1, -0.05) is 0 Å². The van der Waals surface area contributed by atoms with Crippen molar-refractivity contribution in [3.63, 3.8) is 0 Å². The number of nitrogens with zero attached hydrogens (tertiary/aromatic N) is 3. The fourth-order valence-corrected chi connectivity index (χ4v) is 3.49. The predicted molar refractivity (Wildman–Crippen MR) is 90.2 cm³/mol. The first-order valence-electron chi connectivity index (χ1n) is 7.34. The SMILES string of the molecule is Cc1nc(-c2ccc(NS(=O)(=O)c3cnn(C)c3C)cc2)oc1C. The number of hydrogen-bond acceptors (Lipinski definition) is 5. The second-order valence-electron chi connectivity index (χ2n) is 5.56. The third-order valence-corrected chi connectivity index (χ3v) is 5.38. The number of nitrogens with one attached hydrogen (secondary N) is 1. The molecule has 0 atom stereocenters. The minimum Gasteiger partial charge on any atom is -0.441 e. The Hall–Kier alpha value is -2.61. The quantitative estimate of drug-likeness (QED) is 0.784. The molecule has 1 N–H and O–H groups in total. The molecule has 2 heterocycles. The summed E-state index contributed by atoms with van der Waals surface area (Å²) in [4.78, 5) is 4.49. The van der Waals surface area contributed by atoms with E-state index in [-0.39, 0.29) is 4.90 Å². The molecule has 3 aromatic rings. The zero-order valence-electron chi connectivity index (χ0n) is 13.9. The Balaban J connectivity index is 1.85. The van der Waals surface area contributed by atoms with Crippen molar-refractivity contribution in [1.82, 2.24) is 14.8 Å². The molecule has 0 amide bonds. The van der Waals surface area contributed by atoms with Crippen LogP contribution in [0.1, 0.15) is 17.1 Å². The van der Waals surface area contributed by atoms with Gasteiger partial charge < -0.3 is 4.42 Å². The van der Waals surface area contributed by atoms with E-state index in [9.17, 15) is 8.42 Å². The summed E-state index contributed by atoms with van der Waals surface area (Å²) in [7, 11) is -1.98. The zero-order chi connectivity index (χ0) is 17.5. The lowest BCUT2D eigenvalue weighted by atomic mass is 10.2. The Morgan fingerprint density at radius 1 is 1.12 bits per heavy atom. The largest absolute Gasteiger partial charge is 0.441 e. The van der Waals surface area contributed by atoms with E-state index in [0.29, 0.717) is 17.3 Å². The molecule has 0 aliphatic carbocycles. The van der Waals surface area contributed by atoms with E-state index in [4.69, 9.17) is 4.42 Å². The summed E-state index contributed by atoms with van der Waals surface area (Å²) < 4.78 is 34.5. The highest BCUT2D eigenvalue weighted by Gasteiger charge is 2.20. The molecule has 24 heavy (non-hydrogen) atoms. The standard InChI is InChI=1S/C16H18N4O3S/c1-10-12(3)23-16(18-10)13-5-7-14(8-6-13)19-24(21,22)15-9-17-20(4)11(15)2/h5-9,19H,1-4H3. The van der Waals surface area contributed by atoms with Gasteiger partial charge in [0, 0.05) is 18.3 Å². The molecule has 2 aromatic heterocycles. The van der Waals surface area contributed by atoms with Crippen molar-refractivity contribution >= 4 is 15.7 Å². The molecule has 3 rings (SSSR count). The van der Waals surface area contributed by atoms with Crippen molar-refractivity contribution in [3.8, 4) is 11.5 Å². The number of hydrogen-bond donors (Lipinski definition) is 1. The number of benzene rings is 1.